The molecule has 3 atom stereocenters. The highest BCUT2D eigenvalue weighted by Gasteiger charge is 2.31. The molecule has 2 aliphatic carbocycles. The predicted molar refractivity (Wildman–Crippen MR) is 156 cm³/mol. The first-order valence-electron chi connectivity index (χ1n) is 13.8. The first-order valence-corrected chi connectivity index (χ1v) is 15.0. The lowest BCUT2D eigenvalue weighted by molar-refractivity contribution is -0.141. The molecule has 3 aliphatic rings. The van der Waals surface area contributed by atoms with Crippen molar-refractivity contribution in [2.45, 2.75) is 63.5 Å². The molecule has 0 spiro atoms. The Morgan fingerprint density at radius 3 is 2.72 bits per heavy atom. The minimum absolute atomic E-state index is 0.100. The molecule has 0 bridgehead atoms. The van der Waals surface area contributed by atoms with Gasteiger partial charge in [0, 0.05) is 35.9 Å². The van der Waals surface area contributed by atoms with Gasteiger partial charge in [-0.3, -0.25) is 14.4 Å². The molecule has 1 amide bonds. The lowest BCUT2D eigenvalue weighted by Crippen LogP contribution is -2.26. The molecule has 210 valence electrons. The molecule has 0 radical (unpaired) electrons. The number of allylic oxidation sites excluding steroid dienone is 2. The highest BCUT2D eigenvalue weighted by molar-refractivity contribution is 7.99. The van der Waals surface area contributed by atoms with Crippen LogP contribution < -0.4 is 16.4 Å². The summed E-state index contributed by atoms with van der Waals surface area (Å²) in [5, 5.41) is 15.9. The number of ketones is 1. The molecule has 1 heterocycles. The number of nitrogen functional groups attached to an aromatic ring is 1. The monoisotopic (exact) mass is 553 g/mol. The van der Waals surface area contributed by atoms with Gasteiger partial charge in [-0.1, -0.05) is 43.6 Å². The van der Waals surface area contributed by atoms with Gasteiger partial charge in [0.1, 0.15) is 0 Å². The van der Waals surface area contributed by atoms with Gasteiger partial charge in [-0.2, -0.15) is 11.8 Å². The van der Waals surface area contributed by atoms with E-state index in [1.807, 2.05) is 30.5 Å². The molecular weight excluding hydrogens is 514 g/mol. The number of carboxylic acid groups (broad SMARTS) is 1. The van der Waals surface area contributed by atoms with Crippen molar-refractivity contribution in [1.82, 2.24) is 5.32 Å². The average Bonchev–Trinajstić information content (AvgIpc) is 3.33. The second-order valence-corrected chi connectivity index (χ2v) is 11.6. The summed E-state index contributed by atoms with van der Waals surface area (Å²) in [6.45, 7) is 0.722. The Morgan fingerprint density at radius 1 is 1.13 bits per heavy atom. The summed E-state index contributed by atoms with van der Waals surface area (Å²) in [6, 6.07) is 4.82. The van der Waals surface area contributed by atoms with Gasteiger partial charge in [0.05, 0.1) is 23.8 Å². The maximum absolute atomic E-state index is 13.1. The number of anilines is 2. The van der Waals surface area contributed by atoms with Crippen molar-refractivity contribution in [3.8, 4) is 0 Å². The van der Waals surface area contributed by atoms with Crippen LogP contribution in [0.15, 0.2) is 54.3 Å². The van der Waals surface area contributed by atoms with Crippen LogP contribution in [-0.4, -0.2) is 53.0 Å². The summed E-state index contributed by atoms with van der Waals surface area (Å²) in [6.07, 6.45) is 17.4. The molecule has 1 aromatic carbocycles. The number of ether oxygens (including phenoxy) is 1. The van der Waals surface area contributed by atoms with Gasteiger partial charge in [-0.25, -0.2) is 0 Å². The molecule has 0 saturated heterocycles. The minimum atomic E-state index is -1.01. The normalized spacial score (nSPS) is 21.1. The van der Waals surface area contributed by atoms with E-state index in [0.29, 0.717) is 23.0 Å². The Morgan fingerprint density at radius 2 is 1.92 bits per heavy atom. The van der Waals surface area contributed by atoms with Crippen molar-refractivity contribution >= 4 is 40.8 Å². The number of amides is 1. The molecule has 1 saturated carbocycles. The van der Waals surface area contributed by atoms with Crippen LogP contribution in [0.5, 0.6) is 0 Å². The van der Waals surface area contributed by atoms with E-state index < -0.39 is 11.9 Å². The van der Waals surface area contributed by atoms with Crippen molar-refractivity contribution in [3.05, 3.63) is 59.8 Å². The molecule has 4 rings (SSSR count). The largest absolute Gasteiger partial charge is 0.481 e. The molecule has 1 fully saturated rings. The third-order valence-electron chi connectivity index (χ3n) is 7.42. The molecule has 9 heteroatoms. The van der Waals surface area contributed by atoms with E-state index in [-0.39, 0.29) is 42.2 Å². The number of carbonyl (C=O) groups excluding carboxylic acids is 2. The Hall–Kier alpha value is -3.04. The topological polar surface area (TPSA) is 131 Å². The lowest BCUT2D eigenvalue weighted by Gasteiger charge is -2.21. The molecule has 0 aromatic heterocycles. The van der Waals surface area contributed by atoms with Crippen LogP contribution in [-0.2, 0) is 14.3 Å². The summed E-state index contributed by atoms with van der Waals surface area (Å²) in [5.41, 5.74) is 8.04. The number of benzene rings is 1. The number of thioether (sulfide) groups is 1. The molecule has 1 aliphatic heterocycles. The average molecular weight is 554 g/mol. The fourth-order valence-electron chi connectivity index (χ4n) is 5.38. The molecule has 5 N–H and O–H groups in total. The van der Waals surface area contributed by atoms with Crippen molar-refractivity contribution < 1.29 is 24.2 Å². The number of carboxylic acids is 1. The van der Waals surface area contributed by atoms with Crippen LogP contribution in [0.1, 0.15) is 61.7 Å². The highest BCUT2D eigenvalue weighted by Crippen LogP contribution is 2.32. The summed E-state index contributed by atoms with van der Waals surface area (Å²) < 4.78 is 5.93. The van der Waals surface area contributed by atoms with Crippen LogP contribution in [0.25, 0.3) is 0 Å². The summed E-state index contributed by atoms with van der Waals surface area (Å²) in [7, 11) is 0. The van der Waals surface area contributed by atoms with Crippen molar-refractivity contribution in [1.29, 1.82) is 0 Å². The van der Waals surface area contributed by atoms with Gasteiger partial charge in [-0.05, 0) is 61.4 Å². The smallest absolute Gasteiger partial charge is 0.307 e. The van der Waals surface area contributed by atoms with Gasteiger partial charge in [0.15, 0.2) is 5.78 Å². The summed E-state index contributed by atoms with van der Waals surface area (Å²) in [5.74, 6) is -1.15. The lowest BCUT2D eigenvalue weighted by atomic mass is 9.84. The second kappa shape index (κ2) is 14.4. The number of aliphatic carboxylic acids is 1. The number of nitrogens with two attached hydrogens (primary N) is 1. The fraction of sp³-hybridized carbons (Fsp3) is 0.500. The third kappa shape index (κ3) is 8.73. The third-order valence-corrected chi connectivity index (χ3v) is 8.46. The molecule has 39 heavy (non-hydrogen) atoms. The molecule has 1 aromatic rings. The van der Waals surface area contributed by atoms with Gasteiger partial charge in [-0.15, -0.1) is 0 Å². The second-order valence-electron chi connectivity index (χ2n) is 10.5. The predicted octanol–water partition coefficient (Wildman–Crippen LogP) is 4.94. The number of nitrogens with one attached hydrogen (secondary N) is 2. The number of hydrogen-bond acceptors (Lipinski definition) is 7. The van der Waals surface area contributed by atoms with E-state index in [1.54, 1.807) is 23.9 Å². The Balaban J connectivity index is 1.23. The van der Waals surface area contributed by atoms with Crippen LogP contribution in [0.4, 0.5) is 11.4 Å². The maximum atomic E-state index is 13.1. The Kier molecular flexibility index (Phi) is 10.7. The molecule has 3 unspecified atom stereocenters. The zero-order valence-corrected chi connectivity index (χ0v) is 23.1. The fourth-order valence-corrected chi connectivity index (χ4v) is 6.10. The quantitative estimate of drug-likeness (QED) is 0.145. The highest BCUT2D eigenvalue weighted by atomic mass is 32.2. The number of carbonyl (C=O) groups is 3. The summed E-state index contributed by atoms with van der Waals surface area (Å²) in [4.78, 5) is 37.6. The van der Waals surface area contributed by atoms with Gasteiger partial charge in [0.25, 0.3) is 0 Å². The zero-order valence-electron chi connectivity index (χ0n) is 22.3. The van der Waals surface area contributed by atoms with Crippen molar-refractivity contribution in [2.75, 3.05) is 29.2 Å². The van der Waals surface area contributed by atoms with Crippen LogP contribution >= 0.6 is 11.8 Å². The Bertz CT molecular complexity index is 1130. The van der Waals surface area contributed by atoms with Crippen LogP contribution in [0.2, 0.25) is 0 Å². The first kappa shape index (κ1) is 29.0. The van der Waals surface area contributed by atoms with Crippen molar-refractivity contribution in [3.63, 3.8) is 0 Å². The van der Waals surface area contributed by atoms with Crippen molar-refractivity contribution in [2.24, 2.45) is 11.8 Å². The molecule has 8 nitrogen and oxygen atoms in total. The van der Waals surface area contributed by atoms with E-state index in [4.69, 9.17) is 10.5 Å². The van der Waals surface area contributed by atoms with Crippen LogP contribution in [0.3, 0.4) is 0 Å². The Labute approximate surface area is 234 Å². The van der Waals surface area contributed by atoms with E-state index in [9.17, 15) is 19.5 Å². The van der Waals surface area contributed by atoms with Gasteiger partial charge >= 0.3 is 5.97 Å². The number of hydrogen-bond donors (Lipinski definition) is 4. The minimum Gasteiger partial charge on any atom is -0.481 e. The van der Waals surface area contributed by atoms with E-state index in [2.05, 4.69) is 10.6 Å². The first-order chi connectivity index (χ1) is 18.9. The van der Waals surface area contributed by atoms with E-state index >= 15 is 0 Å². The molecular formula is C30H39N3O5S. The SMILES string of the molecule is Nc1cc(NC(=O)CSCCCOC2CCCCC2)cc(C(=O)CC(CC2=CNC3C=CC=CC23)C(=O)O)c1. The maximum Gasteiger partial charge on any atom is 0.307 e. The number of Topliss-reactive ketones (excluding diaryl/α,β-unsaturated/α-hetero) is 1. The zero-order chi connectivity index (χ0) is 27.6. The van der Waals surface area contributed by atoms with E-state index in [0.717, 1.165) is 37.2 Å². The van der Waals surface area contributed by atoms with Gasteiger partial charge in [0.2, 0.25) is 5.91 Å². The number of rotatable bonds is 14. The summed E-state index contributed by atoms with van der Waals surface area (Å²) >= 11 is 1.54. The van der Waals surface area contributed by atoms with Crippen LogP contribution in [0, 0.1) is 11.8 Å². The number of fused-ring (bicyclic) bond motifs is 1. The standard InChI is InChI=1S/C30H39N3O5S/c31-23-14-20(28(34)16-21(30(36)37)13-22-18-32-27-10-5-4-9-26(22)27)15-24(17-23)33-29(35)19-39-12-6-11-38-25-7-2-1-3-8-25/h4-5,9-10,14-15,17-18,21,25-27,32H,1-3,6-8,11-13,16,19,31H2,(H,33,35)(H,36,37). The van der Waals surface area contributed by atoms with E-state index in [1.165, 1.54) is 25.3 Å². The van der Waals surface area contributed by atoms with Gasteiger partial charge < -0.3 is 26.2 Å².